The molecule has 0 spiro atoms. The van der Waals surface area contributed by atoms with Crippen molar-refractivity contribution in [2.45, 2.75) is 37.6 Å². The highest BCUT2D eigenvalue weighted by atomic mass is 32.2. The average molecular weight is 445 g/mol. The van der Waals surface area contributed by atoms with Gasteiger partial charge in [-0.25, -0.2) is 17.7 Å². The highest BCUT2D eigenvalue weighted by molar-refractivity contribution is 7.89. The van der Waals surface area contributed by atoms with Crippen molar-refractivity contribution in [1.82, 2.24) is 13.9 Å². The molecule has 3 aromatic rings. The lowest BCUT2D eigenvalue weighted by Gasteiger charge is -2.16. The number of carbonyl (C=O) groups excluding carboxylic acids is 1. The molecular weight excluding hydrogens is 416 g/mol. The zero-order chi connectivity index (χ0) is 22.6. The molecule has 0 aliphatic carbocycles. The number of rotatable bonds is 9. The number of imidazole rings is 1. The number of hydrogen-bond acceptors (Lipinski definition) is 5. The Morgan fingerprint density at radius 1 is 1.19 bits per heavy atom. The maximum atomic E-state index is 12.9. The number of anilines is 1. The minimum Gasteiger partial charge on any atom is -0.495 e. The molecular formula is C22H28N4O4S. The van der Waals surface area contributed by atoms with E-state index in [0.717, 1.165) is 40.4 Å². The summed E-state index contributed by atoms with van der Waals surface area (Å²) in [5.74, 6) is 0.945. The van der Waals surface area contributed by atoms with Gasteiger partial charge in [-0.15, -0.1) is 0 Å². The lowest BCUT2D eigenvalue weighted by Crippen LogP contribution is -2.23. The van der Waals surface area contributed by atoms with Crippen molar-refractivity contribution in [2.75, 3.05) is 26.5 Å². The van der Waals surface area contributed by atoms with Gasteiger partial charge in [-0.2, -0.15) is 0 Å². The second-order valence-electron chi connectivity index (χ2n) is 7.40. The third-order valence-electron chi connectivity index (χ3n) is 5.01. The topological polar surface area (TPSA) is 93.5 Å². The highest BCUT2D eigenvalue weighted by Crippen LogP contribution is 2.28. The molecule has 1 aromatic heterocycles. The molecule has 0 aliphatic rings. The summed E-state index contributed by atoms with van der Waals surface area (Å²) in [6.45, 7) is 2.17. The van der Waals surface area contributed by atoms with Gasteiger partial charge >= 0.3 is 0 Å². The molecule has 0 unspecified atom stereocenters. The van der Waals surface area contributed by atoms with Gasteiger partial charge in [-0.1, -0.05) is 25.5 Å². The van der Waals surface area contributed by atoms with E-state index in [4.69, 9.17) is 4.74 Å². The monoisotopic (exact) mass is 444 g/mol. The van der Waals surface area contributed by atoms with Crippen molar-refractivity contribution < 1.29 is 17.9 Å². The Morgan fingerprint density at radius 3 is 2.61 bits per heavy atom. The van der Waals surface area contributed by atoms with Gasteiger partial charge < -0.3 is 14.6 Å². The standard InChI is InChI=1S/C22H28N4O4S/c1-5-6-11-21-23-17-9-7-8-10-19(17)26(21)15-22(27)24-18-14-16(12-13-20(18)30-4)31(28,29)25(2)3/h7-10,12-14H,5-6,11,15H2,1-4H3,(H,24,27). The van der Waals surface area contributed by atoms with Gasteiger partial charge in [0.2, 0.25) is 15.9 Å². The predicted molar refractivity (Wildman–Crippen MR) is 121 cm³/mol. The Balaban J connectivity index is 1.91. The molecule has 0 aliphatic heterocycles. The number of nitrogens with one attached hydrogen (secondary N) is 1. The van der Waals surface area contributed by atoms with Crippen LogP contribution in [0.15, 0.2) is 47.4 Å². The molecule has 1 amide bonds. The van der Waals surface area contributed by atoms with Crippen LogP contribution >= 0.6 is 0 Å². The number of fused-ring (bicyclic) bond motifs is 1. The summed E-state index contributed by atoms with van der Waals surface area (Å²) < 4.78 is 33.3. The van der Waals surface area contributed by atoms with E-state index in [9.17, 15) is 13.2 Å². The van der Waals surface area contributed by atoms with Crippen LogP contribution in [0.25, 0.3) is 11.0 Å². The third-order valence-corrected chi connectivity index (χ3v) is 6.82. The largest absolute Gasteiger partial charge is 0.495 e. The van der Waals surface area contributed by atoms with Gasteiger partial charge in [-0.3, -0.25) is 4.79 Å². The smallest absolute Gasteiger partial charge is 0.244 e. The number of hydrogen-bond donors (Lipinski definition) is 1. The minimum atomic E-state index is -3.64. The maximum Gasteiger partial charge on any atom is 0.244 e. The van der Waals surface area contributed by atoms with E-state index in [2.05, 4.69) is 17.2 Å². The Labute approximate surface area is 182 Å². The van der Waals surface area contributed by atoms with Gasteiger partial charge in [0.1, 0.15) is 18.1 Å². The van der Waals surface area contributed by atoms with Gasteiger partial charge in [-0.05, 0) is 36.8 Å². The molecule has 2 aromatic carbocycles. The predicted octanol–water partition coefficient (Wildman–Crippen LogP) is 3.28. The second-order valence-corrected chi connectivity index (χ2v) is 9.56. The van der Waals surface area contributed by atoms with Crippen molar-refractivity contribution in [2.24, 2.45) is 0 Å². The summed E-state index contributed by atoms with van der Waals surface area (Å²) in [6, 6.07) is 12.1. The molecule has 9 heteroatoms. The van der Waals surface area contributed by atoms with E-state index in [1.165, 1.54) is 39.4 Å². The molecule has 0 atom stereocenters. The summed E-state index contributed by atoms with van der Waals surface area (Å²) in [7, 11) is 0.741. The average Bonchev–Trinajstić information content (AvgIpc) is 3.09. The Kier molecular flexibility index (Phi) is 6.97. The van der Waals surface area contributed by atoms with Crippen LogP contribution < -0.4 is 10.1 Å². The first-order valence-electron chi connectivity index (χ1n) is 10.1. The molecule has 0 radical (unpaired) electrons. The van der Waals surface area contributed by atoms with Crippen molar-refractivity contribution in [3.05, 3.63) is 48.3 Å². The molecule has 1 N–H and O–H groups in total. The van der Waals surface area contributed by atoms with Crippen LogP contribution in [-0.2, 0) is 27.8 Å². The van der Waals surface area contributed by atoms with Crippen LogP contribution in [0.2, 0.25) is 0 Å². The van der Waals surface area contributed by atoms with E-state index >= 15 is 0 Å². The molecule has 8 nitrogen and oxygen atoms in total. The van der Waals surface area contributed by atoms with E-state index in [1.54, 1.807) is 0 Å². The fourth-order valence-electron chi connectivity index (χ4n) is 3.32. The van der Waals surface area contributed by atoms with Gasteiger partial charge in [0, 0.05) is 20.5 Å². The number of unbranched alkanes of at least 4 members (excludes halogenated alkanes) is 1. The first-order chi connectivity index (χ1) is 14.8. The van der Waals surface area contributed by atoms with E-state index in [-0.39, 0.29) is 17.3 Å². The first-order valence-corrected chi connectivity index (χ1v) is 11.6. The molecule has 31 heavy (non-hydrogen) atoms. The Morgan fingerprint density at radius 2 is 1.94 bits per heavy atom. The molecule has 0 saturated heterocycles. The number of nitrogens with zero attached hydrogens (tertiary/aromatic N) is 3. The van der Waals surface area contributed by atoms with E-state index < -0.39 is 10.0 Å². The van der Waals surface area contributed by atoms with Crippen LogP contribution in [0, 0.1) is 0 Å². The number of benzene rings is 2. The quantitative estimate of drug-likeness (QED) is 0.547. The van der Waals surface area contributed by atoms with Crippen LogP contribution in [0.3, 0.4) is 0 Å². The number of amides is 1. The number of aromatic nitrogens is 2. The number of carbonyl (C=O) groups is 1. The molecule has 0 fully saturated rings. The number of sulfonamides is 1. The number of ether oxygens (including phenoxy) is 1. The SMILES string of the molecule is CCCCc1nc2ccccc2n1CC(=O)Nc1cc(S(=O)(=O)N(C)C)ccc1OC. The van der Waals surface area contributed by atoms with Crippen LogP contribution in [-0.4, -0.2) is 49.4 Å². The zero-order valence-electron chi connectivity index (χ0n) is 18.3. The number of para-hydroxylation sites is 2. The summed E-state index contributed by atoms with van der Waals surface area (Å²) in [4.78, 5) is 17.7. The summed E-state index contributed by atoms with van der Waals surface area (Å²) >= 11 is 0. The summed E-state index contributed by atoms with van der Waals surface area (Å²) in [6.07, 6.45) is 2.78. The first kappa shape index (κ1) is 22.8. The molecule has 166 valence electrons. The Hall–Kier alpha value is -2.91. The second kappa shape index (κ2) is 9.49. The minimum absolute atomic E-state index is 0.0629. The molecule has 3 rings (SSSR count). The van der Waals surface area contributed by atoms with Crippen molar-refractivity contribution in [1.29, 1.82) is 0 Å². The van der Waals surface area contributed by atoms with Gasteiger partial charge in [0.15, 0.2) is 0 Å². The Bertz CT molecular complexity index is 1190. The van der Waals surface area contributed by atoms with Crippen LogP contribution in [0.4, 0.5) is 5.69 Å². The van der Waals surface area contributed by atoms with Crippen molar-refractivity contribution >= 4 is 32.7 Å². The van der Waals surface area contributed by atoms with E-state index in [0.29, 0.717) is 11.4 Å². The molecule has 1 heterocycles. The normalized spacial score (nSPS) is 11.8. The lowest BCUT2D eigenvalue weighted by atomic mass is 10.2. The number of methoxy groups -OCH3 is 1. The van der Waals surface area contributed by atoms with Gasteiger partial charge in [0.05, 0.1) is 28.7 Å². The van der Waals surface area contributed by atoms with Crippen molar-refractivity contribution in [3.63, 3.8) is 0 Å². The fourth-order valence-corrected chi connectivity index (χ4v) is 4.25. The lowest BCUT2D eigenvalue weighted by molar-refractivity contribution is -0.116. The summed E-state index contributed by atoms with van der Waals surface area (Å²) in [5.41, 5.74) is 2.03. The van der Waals surface area contributed by atoms with Crippen LogP contribution in [0.5, 0.6) is 5.75 Å². The number of aryl methyl sites for hydroxylation is 1. The molecule has 0 bridgehead atoms. The maximum absolute atomic E-state index is 12.9. The highest BCUT2D eigenvalue weighted by Gasteiger charge is 2.20. The van der Waals surface area contributed by atoms with E-state index in [1.807, 2.05) is 28.8 Å². The fraction of sp³-hybridized carbons (Fsp3) is 0.364. The van der Waals surface area contributed by atoms with Crippen molar-refractivity contribution in [3.8, 4) is 5.75 Å². The zero-order valence-corrected chi connectivity index (χ0v) is 19.1. The van der Waals surface area contributed by atoms with Gasteiger partial charge in [0.25, 0.3) is 0 Å². The van der Waals surface area contributed by atoms with Crippen LogP contribution in [0.1, 0.15) is 25.6 Å². The summed E-state index contributed by atoms with van der Waals surface area (Å²) in [5, 5.41) is 2.80. The molecule has 0 saturated carbocycles. The third kappa shape index (κ3) is 4.88.